The molecule has 1 spiro atoms. The van der Waals surface area contributed by atoms with Crippen LogP contribution in [0.25, 0.3) is 6.08 Å². The van der Waals surface area contributed by atoms with Crippen LogP contribution in [0.2, 0.25) is 0 Å². The van der Waals surface area contributed by atoms with Gasteiger partial charge in [0.05, 0.1) is 19.1 Å². The lowest BCUT2D eigenvalue weighted by molar-refractivity contribution is -0.129. The average molecular weight is 579 g/mol. The highest BCUT2D eigenvalue weighted by Crippen LogP contribution is 2.41. The molecular formula is C32H42N4O6. The number of hydrogen-bond acceptors (Lipinski definition) is 7. The van der Waals surface area contributed by atoms with Crippen LogP contribution in [0.15, 0.2) is 36.5 Å². The molecule has 1 saturated heterocycles. The third-order valence-corrected chi connectivity index (χ3v) is 7.54. The molecule has 2 aromatic rings. The number of rotatable bonds is 8. The fourth-order valence-corrected chi connectivity index (χ4v) is 5.24. The van der Waals surface area contributed by atoms with Gasteiger partial charge in [0, 0.05) is 44.5 Å². The Bertz CT molecular complexity index is 1340. The molecule has 1 N–H and O–H groups in total. The molecule has 3 heterocycles. The molecule has 0 atom stereocenters. The highest BCUT2D eigenvalue weighted by atomic mass is 16.6. The Hall–Kier alpha value is -4.08. The molecule has 0 bridgehead atoms. The van der Waals surface area contributed by atoms with Crippen LogP contribution >= 0.6 is 0 Å². The third kappa shape index (κ3) is 7.21. The molecule has 2 aliphatic rings. The van der Waals surface area contributed by atoms with Crippen LogP contribution in [0.1, 0.15) is 63.6 Å². The summed E-state index contributed by atoms with van der Waals surface area (Å²) in [5.41, 5.74) is 1.36. The number of likely N-dealkylation sites (tertiary alicyclic amines) is 1. The quantitative estimate of drug-likeness (QED) is 0.436. The minimum atomic E-state index is -0.611. The smallest absolute Gasteiger partial charge is 0.410 e. The van der Waals surface area contributed by atoms with Gasteiger partial charge in [-0.3, -0.25) is 9.59 Å². The number of methoxy groups -OCH3 is 1. The molecule has 2 aliphatic heterocycles. The molecule has 4 rings (SSSR count). The molecular weight excluding hydrogens is 536 g/mol. The molecule has 1 aromatic carbocycles. The summed E-state index contributed by atoms with van der Waals surface area (Å²) >= 11 is 0. The van der Waals surface area contributed by atoms with Gasteiger partial charge >= 0.3 is 6.09 Å². The Kier molecular flexibility index (Phi) is 9.43. The number of carbonyl (C=O) groups excluding carboxylic acids is 3. The van der Waals surface area contributed by atoms with Gasteiger partial charge in [-0.05, 0) is 75.8 Å². The number of ether oxygens (including phenoxy) is 3. The van der Waals surface area contributed by atoms with E-state index in [2.05, 4.69) is 10.3 Å². The van der Waals surface area contributed by atoms with E-state index in [-0.39, 0.29) is 17.9 Å². The molecule has 10 heteroatoms. The van der Waals surface area contributed by atoms with Crippen molar-refractivity contribution in [2.75, 3.05) is 39.2 Å². The highest BCUT2D eigenvalue weighted by molar-refractivity contribution is 5.98. The van der Waals surface area contributed by atoms with Gasteiger partial charge in [-0.1, -0.05) is 19.1 Å². The normalized spacial score (nSPS) is 16.1. The first-order chi connectivity index (χ1) is 19.9. The second-order valence-electron chi connectivity index (χ2n) is 12.0. The summed E-state index contributed by atoms with van der Waals surface area (Å²) in [6, 6.07) is 7.62. The Morgan fingerprint density at radius 3 is 2.62 bits per heavy atom. The number of nitrogens with zero attached hydrogens (tertiary/aromatic N) is 3. The summed E-state index contributed by atoms with van der Waals surface area (Å²) in [7, 11) is 3.34. The lowest BCUT2D eigenvalue weighted by atomic mass is 9.71. The molecule has 1 fully saturated rings. The SMILES string of the molecule is CCCOc1c(CN(C)C(=O)/C=C/c2cnc3c(c2)CC2(CCN(C(=O)OC(C)(C)C)CC2)C(=O)N3)cccc1OC. The van der Waals surface area contributed by atoms with Gasteiger partial charge in [0.2, 0.25) is 11.8 Å². The molecule has 1 aromatic heterocycles. The minimum Gasteiger partial charge on any atom is -0.493 e. The zero-order valence-corrected chi connectivity index (χ0v) is 25.5. The van der Waals surface area contributed by atoms with Crippen LogP contribution in [0.4, 0.5) is 10.6 Å². The van der Waals surface area contributed by atoms with Gasteiger partial charge in [-0.15, -0.1) is 0 Å². The largest absolute Gasteiger partial charge is 0.493 e. The number of para-hydroxylation sites is 1. The van der Waals surface area contributed by atoms with Crippen molar-refractivity contribution in [1.29, 1.82) is 0 Å². The first-order valence-corrected chi connectivity index (χ1v) is 14.4. The predicted molar refractivity (Wildman–Crippen MR) is 160 cm³/mol. The van der Waals surface area contributed by atoms with Crippen LogP contribution in [-0.4, -0.2) is 72.1 Å². The van der Waals surface area contributed by atoms with E-state index in [0.29, 0.717) is 62.8 Å². The van der Waals surface area contributed by atoms with E-state index in [4.69, 9.17) is 14.2 Å². The van der Waals surface area contributed by atoms with Crippen LogP contribution in [0, 0.1) is 5.41 Å². The summed E-state index contributed by atoms with van der Waals surface area (Å²) in [4.78, 5) is 46.4. The second kappa shape index (κ2) is 12.8. The van der Waals surface area contributed by atoms with E-state index in [1.807, 2.05) is 52.0 Å². The first-order valence-electron chi connectivity index (χ1n) is 14.4. The number of piperidine rings is 1. The summed E-state index contributed by atoms with van der Waals surface area (Å²) in [6.07, 6.45) is 7.00. The van der Waals surface area contributed by atoms with Gasteiger partial charge in [0.25, 0.3) is 0 Å². The Balaban J connectivity index is 1.41. The number of hydrogen-bond donors (Lipinski definition) is 1. The molecule has 0 radical (unpaired) electrons. The van der Waals surface area contributed by atoms with Crippen molar-refractivity contribution in [2.45, 2.75) is 65.5 Å². The molecule has 0 saturated carbocycles. The number of fused-ring (bicyclic) bond motifs is 1. The number of nitrogens with one attached hydrogen (secondary N) is 1. The van der Waals surface area contributed by atoms with Gasteiger partial charge in [0.1, 0.15) is 11.4 Å². The maximum atomic E-state index is 13.1. The first kappa shape index (κ1) is 30.9. The Morgan fingerprint density at radius 1 is 1.21 bits per heavy atom. The topological polar surface area (TPSA) is 110 Å². The molecule has 226 valence electrons. The molecule has 0 aliphatic carbocycles. The summed E-state index contributed by atoms with van der Waals surface area (Å²) in [6.45, 7) is 9.37. The van der Waals surface area contributed by atoms with Crippen molar-refractivity contribution in [3.63, 3.8) is 0 Å². The monoisotopic (exact) mass is 578 g/mol. The summed E-state index contributed by atoms with van der Waals surface area (Å²) < 4.78 is 16.9. The van der Waals surface area contributed by atoms with Crippen LogP contribution < -0.4 is 14.8 Å². The van der Waals surface area contributed by atoms with Crippen molar-refractivity contribution in [3.8, 4) is 11.5 Å². The maximum absolute atomic E-state index is 13.1. The van der Waals surface area contributed by atoms with E-state index >= 15 is 0 Å². The fraction of sp³-hybridized carbons (Fsp3) is 0.500. The fourth-order valence-electron chi connectivity index (χ4n) is 5.24. The average Bonchev–Trinajstić information content (AvgIpc) is 2.95. The van der Waals surface area contributed by atoms with Crippen molar-refractivity contribution in [2.24, 2.45) is 5.41 Å². The number of aromatic nitrogens is 1. The van der Waals surface area contributed by atoms with E-state index < -0.39 is 11.0 Å². The Labute approximate surface area is 248 Å². The highest BCUT2D eigenvalue weighted by Gasteiger charge is 2.46. The van der Waals surface area contributed by atoms with Gasteiger partial charge < -0.3 is 29.3 Å². The Morgan fingerprint density at radius 2 is 1.95 bits per heavy atom. The maximum Gasteiger partial charge on any atom is 0.410 e. The van der Waals surface area contributed by atoms with Crippen molar-refractivity contribution in [1.82, 2.24) is 14.8 Å². The molecule has 3 amide bonds. The number of pyridine rings is 1. The number of amides is 3. The van der Waals surface area contributed by atoms with Gasteiger partial charge in [0.15, 0.2) is 11.5 Å². The lowest BCUT2D eigenvalue weighted by Crippen LogP contribution is -2.51. The minimum absolute atomic E-state index is 0.0636. The van der Waals surface area contributed by atoms with Crippen LogP contribution in [-0.2, 0) is 27.3 Å². The van der Waals surface area contributed by atoms with Gasteiger partial charge in [-0.2, -0.15) is 0 Å². The number of carbonyl (C=O) groups is 3. The van der Waals surface area contributed by atoms with Crippen molar-refractivity contribution in [3.05, 3.63) is 53.2 Å². The van der Waals surface area contributed by atoms with E-state index in [0.717, 1.165) is 23.1 Å². The summed E-state index contributed by atoms with van der Waals surface area (Å²) in [5, 5.41) is 2.96. The lowest BCUT2D eigenvalue weighted by Gasteiger charge is -2.43. The number of anilines is 1. The third-order valence-electron chi connectivity index (χ3n) is 7.54. The van der Waals surface area contributed by atoms with Crippen molar-refractivity contribution < 1.29 is 28.6 Å². The van der Waals surface area contributed by atoms with Crippen LogP contribution in [0.5, 0.6) is 11.5 Å². The zero-order valence-electron chi connectivity index (χ0n) is 25.5. The molecule has 0 unspecified atom stereocenters. The zero-order chi connectivity index (χ0) is 30.5. The standard InChI is InChI=1S/C32H42N4O6/c1-7-17-41-27-23(9-8-10-25(27)40-6)21-35(5)26(37)12-11-22-18-24-19-32(29(38)34-28(24)33-20-22)13-15-36(16-14-32)30(39)42-31(2,3)4/h8-12,18,20H,7,13-17,19,21H2,1-6H3,(H,33,34,38)/b12-11+. The molecule has 10 nitrogen and oxygen atoms in total. The second-order valence-corrected chi connectivity index (χ2v) is 12.0. The van der Waals surface area contributed by atoms with E-state index in [1.165, 1.54) is 6.08 Å². The number of likely N-dealkylation sites (N-methyl/N-ethyl adjacent to an activating group) is 1. The van der Waals surface area contributed by atoms with E-state index in [1.54, 1.807) is 36.2 Å². The van der Waals surface area contributed by atoms with Crippen LogP contribution in [0.3, 0.4) is 0 Å². The molecule has 42 heavy (non-hydrogen) atoms. The number of benzene rings is 1. The predicted octanol–water partition coefficient (Wildman–Crippen LogP) is 5.06. The van der Waals surface area contributed by atoms with Gasteiger partial charge in [-0.25, -0.2) is 9.78 Å². The van der Waals surface area contributed by atoms with E-state index in [9.17, 15) is 14.4 Å². The summed E-state index contributed by atoms with van der Waals surface area (Å²) in [5.74, 6) is 1.59. The van der Waals surface area contributed by atoms with Crippen molar-refractivity contribution >= 4 is 29.8 Å².